The quantitative estimate of drug-likeness (QED) is 0.878. The molecule has 4 heteroatoms. The second kappa shape index (κ2) is 7.32. The first-order valence-corrected chi connectivity index (χ1v) is 8.91. The molecule has 1 atom stereocenters. The van der Waals surface area contributed by atoms with Crippen LogP contribution >= 0.6 is 23.2 Å². The van der Waals surface area contributed by atoms with E-state index in [0.717, 1.165) is 31.2 Å². The van der Waals surface area contributed by atoms with E-state index in [0.29, 0.717) is 17.0 Å². The molecular weight excluding hydrogens is 303 g/mol. The zero-order valence-corrected chi connectivity index (χ0v) is 14.0. The predicted octanol–water partition coefficient (Wildman–Crippen LogP) is 4.52. The van der Waals surface area contributed by atoms with Crippen molar-refractivity contribution >= 4 is 23.2 Å². The molecule has 1 heterocycles. The predicted molar refractivity (Wildman–Crippen MR) is 90.2 cm³/mol. The molecule has 1 saturated carbocycles. The van der Waals surface area contributed by atoms with E-state index in [9.17, 15) is 0 Å². The van der Waals surface area contributed by atoms with Crippen molar-refractivity contribution in [2.24, 2.45) is 5.92 Å². The summed E-state index contributed by atoms with van der Waals surface area (Å²) in [6, 6.07) is 6.54. The Bertz CT molecular complexity index is 448. The van der Waals surface area contributed by atoms with Crippen LogP contribution in [0.1, 0.15) is 43.7 Å². The normalized spacial score (nSPS) is 23.1. The lowest BCUT2D eigenvalue weighted by molar-refractivity contribution is 0.103. The van der Waals surface area contributed by atoms with Gasteiger partial charge >= 0.3 is 0 Å². The van der Waals surface area contributed by atoms with Crippen molar-refractivity contribution in [1.82, 2.24) is 10.2 Å². The van der Waals surface area contributed by atoms with Crippen LogP contribution < -0.4 is 5.32 Å². The summed E-state index contributed by atoms with van der Waals surface area (Å²) in [5.41, 5.74) is 1.23. The van der Waals surface area contributed by atoms with Crippen LogP contribution in [0.5, 0.6) is 0 Å². The zero-order valence-electron chi connectivity index (χ0n) is 12.5. The molecule has 0 aromatic heterocycles. The molecule has 1 aliphatic heterocycles. The molecule has 1 aromatic rings. The molecule has 1 N–H and O–H groups in total. The number of benzene rings is 1. The Morgan fingerprint density at radius 1 is 1.05 bits per heavy atom. The lowest BCUT2D eigenvalue weighted by Crippen LogP contribution is -2.47. The largest absolute Gasteiger partial charge is 0.314 e. The fourth-order valence-electron chi connectivity index (χ4n) is 3.91. The smallest absolute Gasteiger partial charge is 0.0640 e. The van der Waals surface area contributed by atoms with Crippen LogP contribution in [0.2, 0.25) is 10.0 Å². The van der Waals surface area contributed by atoms with Crippen LogP contribution in [0.25, 0.3) is 0 Å². The van der Waals surface area contributed by atoms with Gasteiger partial charge in [-0.3, -0.25) is 4.90 Å². The molecule has 1 saturated heterocycles. The van der Waals surface area contributed by atoms with Gasteiger partial charge in [0.25, 0.3) is 0 Å². The summed E-state index contributed by atoms with van der Waals surface area (Å²) >= 11 is 12.8. The second-order valence-corrected chi connectivity index (χ2v) is 7.06. The van der Waals surface area contributed by atoms with Gasteiger partial charge in [-0.1, -0.05) is 54.6 Å². The average Bonchev–Trinajstić information content (AvgIpc) is 2.54. The molecule has 116 valence electrons. The number of piperazine rings is 1. The van der Waals surface area contributed by atoms with E-state index in [1.54, 1.807) is 0 Å². The fourth-order valence-corrected chi connectivity index (χ4v) is 4.33. The molecule has 0 spiro atoms. The van der Waals surface area contributed by atoms with E-state index < -0.39 is 0 Å². The standard InChI is InChI=1S/C17H24Cl2N2/c18-15-8-4-7-14(16(15)19)17(13-5-2-1-3-6-13)21-11-9-20-10-12-21/h4,7-8,13,17,20H,1-3,5-6,9-12H2/t17-/m0/s1. The third kappa shape index (κ3) is 3.56. The second-order valence-electron chi connectivity index (χ2n) is 6.27. The lowest BCUT2D eigenvalue weighted by atomic mass is 9.80. The third-order valence-electron chi connectivity index (χ3n) is 4.94. The van der Waals surface area contributed by atoms with Gasteiger partial charge in [0.15, 0.2) is 0 Å². The Hall–Kier alpha value is -0.280. The number of hydrogen-bond acceptors (Lipinski definition) is 2. The highest BCUT2D eigenvalue weighted by Crippen LogP contribution is 2.42. The molecule has 21 heavy (non-hydrogen) atoms. The van der Waals surface area contributed by atoms with E-state index in [2.05, 4.69) is 16.3 Å². The molecule has 0 unspecified atom stereocenters. The van der Waals surface area contributed by atoms with Gasteiger partial charge in [-0.05, 0) is 30.4 Å². The van der Waals surface area contributed by atoms with Crippen LogP contribution in [0.3, 0.4) is 0 Å². The molecule has 2 nitrogen and oxygen atoms in total. The first-order valence-electron chi connectivity index (χ1n) is 8.16. The minimum atomic E-state index is 0.429. The van der Waals surface area contributed by atoms with Gasteiger partial charge in [0, 0.05) is 32.2 Å². The number of nitrogens with zero attached hydrogens (tertiary/aromatic N) is 1. The SMILES string of the molecule is Clc1cccc([C@H](C2CCCCC2)N2CCNCC2)c1Cl. The molecule has 0 bridgehead atoms. The molecule has 2 fully saturated rings. The maximum atomic E-state index is 6.55. The maximum absolute atomic E-state index is 6.55. The summed E-state index contributed by atoms with van der Waals surface area (Å²) in [6.45, 7) is 4.34. The van der Waals surface area contributed by atoms with Crippen LogP contribution in [0.15, 0.2) is 18.2 Å². The molecular formula is C17H24Cl2N2. The zero-order chi connectivity index (χ0) is 14.7. The van der Waals surface area contributed by atoms with Crippen molar-refractivity contribution in [1.29, 1.82) is 0 Å². The van der Waals surface area contributed by atoms with Gasteiger partial charge < -0.3 is 5.32 Å². The highest BCUT2D eigenvalue weighted by atomic mass is 35.5. The highest BCUT2D eigenvalue weighted by Gasteiger charge is 2.32. The van der Waals surface area contributed by atoms with Crippen molar-refractivity contribution in [3.63, 3.8) is 0 Å². The molecule has 1 aromatic carbocycles. The van der Waals surface area contributed by atoms with Gasteiger partial charge in [0.1, 0.15) is 0 Å². The summed E-state index contributed by atoms with van der Waals surface area (Å²) in [4.78, 5) is 2.62. The monoisotopic (exact) mass is 326 g/mol. The number of halogens is 2. The topological polar surface area (TPSA) is 15.3 Å². The Morgan fingerprint density at radius 2 is 1.76 bits per heavy atom. The third-order valence-corrected chi connectivity index (χ3v) is 5.77. The summed E-state index contributed by atoms with van der Waals surface area (Å²) in [7, 11) is 0. The van der Waals surface area contributed by atoms with Gasteiger partial charge in [-0.2, -0.15) is 0 Å². The summed E-state index contributed by atoms with van der Waals surface area (Å²) < 4.78 is 0. The van der Waals surface area contributed by atoms with Crippen LogP contribution in [-0.4, -0.2) is 31.1 Å². The molecule has 2 aliphatic rings. The van der Waals surface area contributed by atoms with Crippen LogP contribution in [-0.2, 0) is 0 Å². The van der Waals surface area contributed by atoms with Gasteiger partial charge in [-0.25, -0.2) is 0 Å². The Balaban J connectivity index is 1.91. The minimum Gasteiger partial charge on any atom is -0.314 e. The van der Waals surface area contributed by atoms with E-state index in [-0.39, 0.29) is 0 Å². The summed E-state index contributed by atoms with van der Waals surface area (Å²) in [6.07, 6.45) is 6.72. The first-order chi connectivity index (χ1) is 10.3. The summed E-state index contributed by atoms with van der Waals surface area (Å²) in [5.74, 6) is 0.716. The molecule has 1 aliphatic carbocycles. The molecule has 0 amide bonds. The molecule has 3 rings (SSSR count). The Labute approximate surface area is 137 Å². The number of rotatable bonds is 3. The van der Waals surface area contributed by atoms with Crippen molar-refractivity contribution in [2.45, 2.75) is 38.1 Å². The van der Waals surface area contributed by atoms with Crippen LogP contribution in [0.4, 0.5) is 0 Å². The van der Waals surface area contributed by atoms with Gasteiger partial charge in [0.2, 0.25) is 0 Å². The number of hydrogen-bond donors (Lipinski definition) is 1. The van der Waals surface area contributed by atoms with E-state index >= 15 is 0 Å². The van der Waals surface area contributed by atoms with E-state index in [1.165, 1.54) is 37.7 Å². The van der Waals surface area contributed by atoms with Crippen LogP contribution in [0, 0.1) is 5.92 Å². The van der Waals surface area contributed by atoms with E-state index in [4.69, 9.17) is 23.2 Å². The van der Waals surface area contributed by atoms with Crippen molar-refractivity contribution < 1.29 is 0 Å². The first kappa shape index (κ1) is 15.6. The Kier molecular flexibility index (Phi) is 5.44. The van der Waals surface area contributed by atoms with Gasteiger partial charge in [0.05, 0.1) is 10.0 Å². The molecule has 0 radical (unpaired) electrons. The van der Waals surface area contributed by atoms with Crippen molar-refractivity contribution in [3.8, 4) is 0 Å². The van der Waals surface area contributed by atoms with Crippen molar-refractivity contribution in [2.75, 3.05) is 26.2 Å². The fraction of sp³-hybridized carbons (Fsp3) is 0.647. The van der Waals surface area contributed by atoms with Gasteiger partial charge in [-0.15, -0.1) is 0 Å². The van der Waals surface area contributed by atoms with Crippen molar-refractivity contribution in [3.05, 3.63) is 33.8 Å². The lowest BCUT2D eigenvalue weighted by Gasteiger charge is -2.41. The maximum Gasteiger partial charge on any atom is 0.0640 e. The Morgan fingerprint density at radius 3 is 2.48 bits per heavy atom. The van der Waals surface area contributed by atoms with E-state index in [1.807, 2.05) is 12.1 Å². The summed E-state index contributed by atoms with van der Waals surface area (Å²) in [5, 5.41) is 4.89. The number of nitrogens with one attached hydrogen (secondary N) is 1. The average molecular weight is 327 g/mol. The minimum absolute atomic E-state index is 0.429. The highest BCUT2D eigenvalue weighted by molar-refractivity contribution is 6.42.